The molecule has 13 N–H and O–H groups in total. The Hall–Kier alpha value is -9.22. The Morgan fingerprint density at radius 3 is 1.06 bits per heavy atom. The molecule has 0 spiro atoms. The Morgan fingerprint density at radius 1 is 0.376 bits per heavy atom. The van der Waals surface area contributed by atoms with Crippen LogP contribution < -0.4 is 53.9 Å². The molecule has 109 heavy (non-hydrogen) atoms. The van der Waals surface area contributed by atoms with Crippen LogP contribution in [0.15, 0.2) is 188 Å². The Bertz CT molecular complexity index is 4540. The molecule has 0 aromatic heterocycles. The van der Waals surface area contributed by atoms with Crippen molar-refractivity contribution in [2.45, 2.75) is 66.4 Å². The maximum Gasteiger partial charge on any atom is 0.491 e. The predicted molar refractivity (Wildman–Crippen MR) is 394 cm³/mol. The maximum absolute atomic E-state index is 13.7. The summed E-state index contributed by atoms with van der Waals surface area (Å²) >= 11 is 0. The molecule has 4 heterocycles. The number of benzene rings is 10. The molecule has 0 aliphatic carbocycles. The lowest BCUT2D eigenvalue weighted by Gasteiger charge is -2.33. The minimum atomic E-state index is -1.80. The van der Waals surface area contributed by atoms with Crippen LogP contribution in [-0.2, 0) is 96.3 Å². The minimum Gasteiger partial charge on any atom is -0.457 e. The molecule has 0 radical (unpaired) electrons. The third-order valence-corrected chi connectivity index (χ3v) is 17.2. The van der Waals surface area contributed by atoms with Crippen LogP contribution in [0.3, 0.4) is 0 Å². The SMILES string of the molecule is Cc1ccc(B2OB(c3ccc(F)cc3CO)OB(c3ccc(F)cc3CO)O2)c(CO)c1.O.OB1OCc2cc(F)ccc21.OB1OCc2cc(F)ccc21.OCc1cc(F)ccc1B(O)OB(OB(O)c1ccc(F)cc1CO)c1ccc(F)cc1CO.[C-]#[N+]c1ccc(Oc2ccc3c(c2)COB3O)cc1. The average molecular weight is 1500 g/mol. The number of fused-ring (bicyclic) bond motifs is 3. The Labute approximate surface area is 623 Å². The van der Waals surface area contributed by atoms with Crippen molar-refractivity contribution in [2.75, 3.05) is 0 Å². The molecule has 1 saturated heterocycles. The number of aliphatic hydroxyl groups excluding tert-OH is 6. The van der Waals surface area contributed by atoms with Gasteiger partial charge in [-0.15, -0.1) is 0 Å². The number of ether oxygens (including phenoxy) is 1. The van der Waals surface area contributed by atoms with Gasteiger partial charge in [0.1, 0.15) is 52.2 Å². The van der Waals surface area contributed by atoms with E-state index in [2.05, 4.69) is 4.85 Å². The van der Waals surface area contributed by atoms with E-state index in [0.717, 1.165) is 64.1 Å². The van der Waals surface area contributed by atoms with Gasteiger partial charge in [-0.05, 0) is 215 Å². The van der Waals surface area contributed by atoms with Gasteiger partial charge in [0.2, 0.25) is 0 Å². The molecule has 10 aromatic rings. The van der Waals surface area contributed by atoms with Crippen LogP contribution in [0.1, 0.15) is 55.6 Å². The normalized spacial score (nSPS) is 13.0. The quantitative estimate of drug-likeness (QED) is 0.0323. The van der Waals surface area contributed by atoms with E-state index in [0.29, 0.717) is 69.9 Å². The van der Waals surface area contributed by atoms with Crippen molar-refractivity contribution in [3.8, 4) is 11.5 Å². The summed E-state index contributed by atoms with van der Waals surface area (Å²) in [5.41, 5.74) is 8.62. The zero-order valence-electron chi connectivity index (χ0n) is 57.6. The lowest BCUT2D eigenvalue weighted by Crippen LogP contribution is -2.62. The number of aliphatic hydroxyl groups is 6. The van der Waals surface area contributed by atoms with Gasteiger partial charge in [-0.1, -0.05) is 84.4 Å². The molecule has 4 aliphatic rings. The fraction of sp³-hybridized carbons (Fsp3) is 0.141. The summed E-state index contributed by atoms with van der Waals surface area (Å²) in [4.78, 5) is 3.32. The minimum absolute atomic E-state index is 0. The average Bonchev–Trinajstić information content (AvgIpc) is 1.47. The molecule has 22 nitrogen and oxygen atoms in total. The van der Waals surface area contributed by atoms with Crippen LogP contribution in [0.4, 0.5) is 36.4 Å². The van der Waals surface area contributed by atoms with Crippen molar-refractivity contribution < 1.29 is 134 Å². The molecule has 10 aromatic carbocycles. The molecule has 0 bridgehead atoms. The van der Waals surface area contributed by atoms with Crippen molar-refractivity contribution in [1.82, 2.24) is 0 Å². The van der Waals surface area contributed by atoms with E-state index in [-0.39, 0.29) is 67.9 Å². The highest BCUT2D eigenvalue weighted by atomic mass is 19.2. The van der Waals surface area contributed by atoms with Gasteiger partial charge in [0.15, 0.2) is 5.69 Å². The van der Waals surface area contributed by atoms with E-state index < -0.39 is 126 Å². The zero-order chi connectivity index (χ0) is 77.3. The highest BCUT2D eigenvalue weighted by Crippen LogP contribution is 2.27. The molecule has 14 rings (SSSR count). The van der Waals surface area contributed by atoms with Gasteiger partial charge in [0.05, 0.1) is 66.0 Å². The first-order chi connectivity index (χ1) is 52.0. The second kappa shape index (κ2) is 39.4. The largest absolute Gasteiger partial charge is 0.491 e. The van der Waals surface area contributed by atoms with Gasteiger partial charge in [0.25, 0.3) is 0 Å². The number of nitrogens with zero attached hydrogens (tertiary/aromatic N) is 1. The van der Waals surface area contributed by atoms with Crippen LogP contribution in [0.2, 0.25) is 0 Å². The topological polar surface area (TPSA) is 341 Å². The van der Waals surface area contributed by atoms with Crippen molar-refractivity contribution in [2.24, 2.45) is 0 Å². The number of rotatable bonds is 18. The van der Waals surface area contributed by atoms with Gasteiger partial charge < -0.3 is 103 Å². The van der Waals surface area contributed by atoms with Crippen LogP contribution >= 0.6 is 0 Å². The fourth-order valence-electron chi connectivity index (χ4n) is 11.7. The number of hydrogen-bond acceptors (Lipinski definition) is 20. The van der Waals surface area contributed by atoms with E-state index in [1.165, 1.54) is 78.9 Å². The van der Waals surface area contributed by atoms with E-state index in [1.807, 2.05) is 19.1 Å². The zero-order valence-corrected chi connectivity index (χ0v) is 57.6. The lowest BCUT2D eigenvalue weighted by atomic mass is 9.59. The van der Waals surface area contributed by atoms with Gasteiger partial charge >= 0.3 is 64.1 Å². The highest BCUT2D eigenvalue weighted by Gasteiger charge is 2.46. The van der Waals surface area contributed by atoms with Crippen molar-refractivity contribution in [3.05, 3.63) is 296 Å². The van der Waals surface area contributed by atoms with Crippen molar-refractivity contribution in [3.63, 3.8) is 0 Å². The Morgan fingerprint density at radius 2 is 0.679 bits per heavy atom. The van der Waals surface area contributed by atoms with Gasteiger partial charge in [-0.25, -0.2) is 35.6 Å². The highest BCUT2D eigenvalue weighted by molar-refractivity contribution is 6.87. The molecule has 0 saturated carbocycles. The van der Waals surface area contributed by atoms with Crippen LogP contribution in [-0.4, -0.2) is 125 Å². The molecule has 0 amide bonds. The lowest BCUT2D eigenvalue weighted by molar-refractivity contribution is 0.274. The van der Waals surface area contributed by atoms with E-state index in [4.69, 9.17) is 58.2 Å². The van der Waals surface area contributed by atoms with E-state index in [1.54, 1.807) is 60.7 Å². The molecule has 38 heteroatoms. The summed E-state index contributed by atoms with van der Waals surface area (Å²) in [5.74, 6) is -2.25. The summed E-state index contributed by atoms with van der Waals surface area (Å²) in [6.07, 6.45) is 0. The van der Waals surface area contributed by atoms with Crippen LogP contribution in [0, 0.1) is 54.2 Å². The van der Waals surface area contributed by atoms with Gasteiger partial charge in [0, 0.05) is 0 Å². The molecule has 4 aliphatic heterocycles. The Balaban J connectivity index is 0.000000168. The monoisotopic (exact) mass is 1500 g/mol. The summed E-state index contributed by atoms with van der Waals surface area (Å²) < 4.78 is 143. The second-order valence-corrected chi connectivity index (χ2v) is 24.3. The second-order valence-electron chi connectivity index (χ2n) is 24.3. The third-order valence-electron chi connectivity index (χ3n) is 17.2. The van der Waals surface area contributed by atoms with Crippen molar-refractivity contribution >= 4 is 119 Å². The summed E-state index contributed by atoms with van der Waals surface area (Å²) in [5, 5.41) is 107. The Kier molecular flexibility index (Phi) is 30.3. The fourth-order valence-corrected chi connectivity index (χ4v) is 11.7. The number of hydrogen-bond donors (Lipinski definition) is 11. The maximum atomic E-state index is 13.7. The summed E-state index contributed by atoms with van der Waals surface area (Å²) in [6, 6.07) is 43.7. The molecule has 556 valence electrons. The van der Waals surface area contributed by atoms with E-state index >= 15 is 0 Å². The molecular formula is C71H65B9F7NO21. The summed E-state index contributed by atoms with van der Waals surface area (Å²) in [7, 11) is -11.0. The van der Waals surface area contributed by atoms with E-state index in [9.17, 15) is 76.4 Å². The van der Waals surface area contributed by atoms with Crippen LogP contribution in [0.5, 0.6) is 11.5 Å². The molecule has 1 fully saturated rings. The van der Waals surface area contributed by atoms with Crippen LogP contribution in [0.25, 0.3) is 4.85 Å². The van der Waals surface area contributed by atoms with Crippen molar-refractivity contribution in [1.29, 1.82) is 0 Å². The first-order valence-electron chi connectivity index (χ1n) is 33.0. The number of halogens is 7. The first kappa shape index (κ1) is 83.8. The first-order valence-corrected chi connectivity index (χ1v) is 33.0. The molecular weight excluding hydrogens is 1430 g/mol. The summed E-state index contributed by atoms with van der Waals surface area (Å²) in [6.45, 7) is 6.74. The van der Waals surface area contributed by atoms with Gasteiger partial charge in [-0.2, -0.15) is 0 Å². The smallest absolute Gasteiger partial charge is 0.457 e. The standard InChI is InChI=1S/C22H21B3F2O6.C21H20B3F3O7.C14H10BNO3.2C7H6BFO2.H2O/c1-14-2-5-20(15(8-14)11-28)23-31-24(21-6-3-18(26)9-16(21)12-29)33-25(32-23)22-7-4-19(27)10-17(22)13-30;25-16-1-4-19(13(7-16)10-28)22(31)33-24(21-6-3-18(27)9-15(21)12-30)34-23(32)20-5-2-17(26)8-14(20)11-29;1-16-11-2-4-12(5-3-11)19-13-6-7-14-10(8-13)9-18-15(14)17;2*9-6-1-2-7-5(3-6)4-11-8(7)10;/h2-10,28-30H,11-13H2,1H3;1-9,28-32H,10-12H2;2-8,17H,9H2;2*1-3,10H,4H2;1H2. The molecule has 0 atom stereocenters. The number of aryl methyl sites for hydroxylation is 1. The van der Waals surface area contributed by atoms with Gasteiger partial charge in [-0.3, -0.25) is 0 Å². The predicted octanol–water partition coefficient (Wildman–Crippen LogP) is 0.894. The molecule has 0 unspecified atom stereocenters. The third kappa shape index (κ3) is 21.6.